The van der Waals surface area contributed by atoms with E-state index in [4.69, 9.17) is 5.73 Å². The zero-order valence-corrected chi connectivity index (χ0v) is 10.8. The molecule has 0 heterocycles. The van der Waals surface area contributed by atoms with Gasteiger partial charge in [0.2, 0.25) is 0 Å². The van der Waals surface area contributed by atoms with Crippen LogP contribution in [0.5, 0.6) is 0 Å². The van der Waals surface area contributed by atoms with Crippen molar-refractivity contribution in [2.24, 2.45) is 17.1 Å². The van der Waals surface area contributed by atoms with Crippen LogP contribution in [0.15, 0.2) is 30.3 Å². The van der Waals surface area contributed by atoms with Gasteiger partial charge in [0.15, 0.2) is 0 Å². The summed E-state index contributed by atoms with van der Waals surface area (Å²) in [6, 6.07) is 10.5. The summed E-state index contributed by atoms with van der Waals surface area (Å²) in [7, 11) is 0. The summed E-state index contributed by atoms with van der Waals surface area (Å²) < 4.78 is 0. The Bertz CT molecular complexity index is 370. The molecular formula is C15H23NO. The van der Waals surface area contributed by atoms with Crippen LogP contribution in [0.1, 0.15) is 32.3 Å². The molecule has 0 aromatic heterocycles. The lowest BCUT2D eigenvalue weighted by atomic mass is 9.80. The van der Waals surface area contributed by atoms with Crippen molar-refractivity contribution in [1.82, 2.24) is 0 Å². The number of hydrogen-bond donors (Lipinski definition) is 2. The second-order valence-corrected chi connectivity index (χ2v) is 5.87. The lowest BCUT2D eigenvalue weighted by molar-refractivity contribution is 0.188. The van der Waals surface area contributed by atoms with Crippen molar-refractivity contribution in [3.8, 4) is 0 Å². The highest BCUT2D eigenvalue weighted by Gasteiger charge is 2.66. The standard InChI is InChI=1S/C15H23NO/c1-12(2)8-15(9-14(15,10-16)11-17)13-6-4-3-5-7-13/h3-7,12,17H,8-11,16H2,1-2H3. The van der Waals surface area contributed by atoms with E-state index >= 15 is 0 Å². The highest BCUT2D eigenvalue weighted by molar-refractivity contribution is 5.38. The number of rotatable bonds is 5. The van der Waals surface area contributed by atoms with Gasteiger partial charge in [-0.15, -0.1) is 0 Å². The average Bonchev–Trinajstić information content (AvgIpc) is 2.99. The van der Waals surface area contributed by atoms with Gasteiger partial charge in [-0.25, -0.2) is 0 Å². The Balaban J connectivity index is 2.35. The summed E-state index contributed by atoms with van der Waals surface area (Å²) in [5.74, 6) is 0.621. The van der Waals surface area contributed by atoms with Crippen LogP contribution < -0.4 is 5.73 Å². The minimum absolute atomic E-state index is 0.0847. The molecule has 0 bridgehead atoms. The van der Waals surface area contributed by atoms with E-state index < -0.39 is 0 Å². The topological polar surface area (TPSA) is 46.2 Å². The summed E-state index contributed by atoms with van der Waals surface area (Å²) in [5, 5.41) is 9.69. The maximum absolute atomic E-state index is 9.69. The fraction of sp³-hybridized carbons (Fsp3) is 0.600. The highest BCUT2D eigenvalue weighted by Crippen LogP contribution is 2.66. The Labute approximate surface area is 104 Å². The van der Waals surface area contributed by atoms with Crippen LogP contribution in [0.4, 0.5) is 0 Å². The molecule has 0 aliphatic heterocycles. The zero-order chi connectivity index (χ0) is 12.5. The van der Waals surface area contributed by atoms with Gasteiger partial charge >= 0.3 is 0 Å². The first-order valence-electron chi connectivity index (χ1n) is 6.47. The molecule has 94 valence electrons. The van der Waals surface area contributed by atoms with Crippen molar-refractivity contribution in [2.75, 3.05) is 13.2 Å². The number of benzene rings is 1. The molecule has 2 unspecified atom stereocenters. The van der Waals surface area contributed by atoms with Crippen LogP contribution in [-0.2, 0) is 5.41 Å². The van der Waals surface area contributed by atoms with Crippen molar-refractivity contribution in [1.29, 1.82) is 0 Å². The minimum Gasteiger partial charge on any atom is -0.396 e. The normalized spacial score (nSPS) is 31.8. The van der Waals surface area contributed by atoms with Crippen molar-refractivity contribution in [2.45, 2.75) is 32.1 Å². The average molecular weight is 233 g/mol. The monoisotopic (exact) mass is 233 g/mol. The Morgan fingerprint density at radius 1 is 1.29 bits per heavy atom. The maximum Gasteiger partial charge on any atom is 0.0508 e. The molecule has 2 atom stereocenters. The molecule has 1 saturated carbocycles. The SMILES string of the molecule is CC(C)CC1(c2ccccc2)CC1(CN)CO. The summed E-state index contributed by atoms with van der Waals surface area (Å²) in [5.41, 5.74) is 7.27. The maximum atomic E-state index is 9.69. The Morgan fingerprint density at radius 2 is 1.94 bits per heavy atom. The molecule has 1 aromatic carbocycles. The second-order valence-electron chi connectivity index (χ2n) is 5.87. The molecule has 0 amide bonds. The summed E-state index contributed by atoms with van der Waals surface area (Å²) in [6.07, 6.45) is 2.13. The second kappa shape index (κ2) is 4.43. The lowest BCUT2D eigenvalue weighted by Gasteiger charge is -2.26. The molecule has 0 spiro atoms. The third-order valence-electron chi connectivity index (χ3n) is 4.31. The molecule has 1 aliphatic rings. The third kappa shape index (κ3) is 1.90. The molecule has 1 aromatic rings. The van der Waals surface area contributed by atoms with Gasteiger partial charge in [0.05, 0.1) is 6.61 Å². The largest absolute Gasteiger partial charge is 0.396 e. The smallest absolute Gasteiger partial charge is 0.0508 e. The zero-order valence-electron chi connectivity index (χ0n) is 10.8. The van der Waals surface area contributed by atoms with Gasteiger partial charge < -0.3 is 10.8 Å². The number of aliphatic hydroxyl groups is 1. The fourth-order valence-electron chi connectivity index (χ4n) is 3.34. The third-order valence-corrected chi connectivity index (χ3v) is 4.31. The summed E-state index contributed by atoms with van der Waals surface area (Å²) in [6.45, 7) is 5.25. The number of nitrogens with two attached hydrogens (primary N) is 1. The van der Waals surface area contributed by atoms with Crippen LogP contribution in [0.3, 0.4) is 0 Å². The first-order chi connectivity index (χ1) is 8.10. The molecule has 3 N–H and O–H groups in total. The van der Waals surface area contributed by atoms with Crippen molar-refractivity contribution >= 4 is 0 Å². The van der Waals surface area contributed by atoms with E-state index in [2.05, 4.69) is 38.1 Å². The van der Waals surface area contributed by atoms with E-state index in [1.807, 2.05) is 6.07 Å². The number of aliphatic hydroxyl groups excluding tert-OH is 1. The molecule has 0 saturated heterocycles. The predicted molar refractivity (Wildman–Crippen MR) is 70.8 cm³/mol. The predicted octanol–water partition coefficient (Wildman–Crippen LogP) is 2.31. The van der Waals surface area contributed by atoms with E-state index in [0.717, 1.165) is 12.8 Å². The van der Waals surface area contributed by atoms with Gasteiger partial charge in [-0.1, -0.05) is 44.2 Å². The molecule has 2 nitrogen and oxygen atoms in total. The van der Waals surface area contributed by atoms with Gasteiger partial charge in [0, 0.05) is 17.4 Å². The van der Waals surface area contributed by atoms with Crippen molar-refractivity contribution in [3.63, 3.8) is 0 Å². The Hall–Kier alpha value is -0.860. The Kier molecular flexibility index (Phi) is 3.28. The van der Waals surface area contributed by atoms with Crippen LogP contribution >= 0.6 is 0 Å². The first-order valence-corrected chi connectivity index (χ1v) is 6.47. The molecule has 2 heteroatoms. The van der Waals surface area contributed by atoms with E-state index in [1.165, 1.54) is 5.56 Å². The van der Waals surface area contributed by atoms with Crippen LogP contribution in [0.25, 0.3) is 0 Å². The van der Waals surface area contributed by atoms with Crippen molar-refractivity contribution < 1.29 is 5.11 Å². The van der Waals surface area contributed by atoms with E-state index in [-0.39, 0.29) is 17.4 Å². The van der Waals surface area contributed by atoms with E-state index in [9.17, 15) is 5.11 Å². The molecular weight excluding hydrogens is 210 g/mol. The van der Waals surface area contributed by atoms with Crippen LogP contribution in [0.2, 0.25) is 0 Å². The van der Waals surface area contributed by atoms with Gasteiger partial charge in [0.25, 0.3) is 0 Å². The Morgan fingerprint density at radius 3 is 2.35 bits per heavy atom. The van der Waals surface area contributed by atoms with Crippen molar-refractivity contribution in [3.05, 3.63) is 35.9 Å². The minimum atomic E-state index is -0.0847. The molecule has 1 aliphatic carbocycles. The van der Waals surface area contributed by atoms with E-state index in [1.54, 1.807) is 0 Å². The highest BCUT2D eigenvalue weighted by atomic mass is 16.3. The van der Waals surface area contributed by atoms with Gasteiger partial charge in [-0.3, -0.25) is 0 Å². The summed E-state index contributed by atoms with van der Waals surface area (Å²) in [4.78, 5) is 0. The lowest BCUT2D eigenvalue weighted by Crippen LogP contribution is -2.30. The van der Waals surface area contributed by atoms with Gasteiger partial charge in [0.1, 0.15) is 0 Å². The first kappa shape index (κ1) is 12.6. The quantitative estimate of drug-likeness (QED) is 0.820. The molecule has 2 rings (SSSR count). The molecule has 17 heavy (non-hydrogen) atoms. The van der Waals surface area contributed by atoms with Gasteiger partial charge in [-0.05, 0) is 24.3 Å². The van der Waals surface area contributed by atoms with Crippen LogP contribution in [-0.4, -0.2) is 18.3 Å². The van der Waals surface area contributed by atoms with Gasteiger partial charge in [-0.2, -0.15) is 0 Å². The number of hydrogen-bond acceptors (Lipinski definition) is 2. The molecule has 0 radical (unpaired) electrons. The van der Waals surface area contributed by atoms with Crippen LogP contribution in [0, 0.1) is 11.3 Å². The fourth-order valence-corrected chi connectivity index (χ4v) is 3.34. The molecule has 1 fully saturated rings. The summed E-state index contributed by atoms with van der Waals surface area (Å²) >= 11 is 0. The van der Waals surface area contributed by atoms with E-state index in [0.29, 0.717) is 12.5 Å².